The zero-order valence-corrected chi connectivity index (χ0v) is 13.0. The van der Waals surface area contributed by atoms with Crippen LogP contribution in [0.3, 0.4) is 0 Å². The summed E-state index contributed by atoms with van der Waals surface area (Å²) in [6, 6.07) is 5.94. The number of carbonyl (C=O) groups excluding carboxylic acids is 1. The first-order valence-corrected chi connectivity index (χ1v) is 8.07. The summed E-state index contributed by atoms with van der Waals surface area (Å²) in [5.74, 6) is 0.106. The number of fused-ring (bicyclic) bond motifs is 1. The summed E-state index contributed by atoms with van der Waals surface area (Å²) in [6.07, 6.45) is 2.24. The number of nitrogens with one attached hydrogen (secondary N) is 1. The van der Waals surface area contributed by atoms with Gasteiger partial charge in [0.05, 0.1) is 18.6 Å². The highest BCUT2D eigenvalue weighted by Gasteiger charge is 2.38. The van der Waals surface area contributed by atoms with Crippen LogP contribution in [0.2, 0.25) is 0 Å². The van der Waals surface area contributed by atoms with Crippen LogP contribution in [0.5, 0.6) is 0 Å². The zero-order chi connectivity index (χ0) is 15.7. The highest BCUT2D eigenvalue weighted by Crippen LogP contribution is 2.31. The van der Waals surface area contributed by atoms with E-state index in [2.05, 4.69) is 26.6 Å². The quantitative estimate of drug-likeness (QED) is 0.893. The minimum absolute atomic E-state index is 0.106. The van der Waals surface area contributed by atoms with Crippen molar-refractivity contribution in [2.24, 2.45) is 0 Å². The van der Waals surface area contributed by atoms with E-state index in [1.54, 1.807) is 0 Å². The Morgan fingerprint density at radius 2 is 2.13 bits per heavy atom. The highest BCUT2D eigenvalue weighted by atomic mass is 16.6. The molecule has 1 aromatic carbocycles. The van der Waals surface area contributed by atoms with Crippen molar-refractivity contribution in [3.05, 3.63) is 23.8 Å². The molecule has 7 heteroatoms. The van der Waals surface area contributed by atoms with Crippen molar-refractivity contribution in [2.75, 3.05) is 26.2 Å². The van der Waals surface area contributed by atoms with E-state index in [1.807, 2.05) is 12.1 Å². The van der Waals surface area contributed by atoms with E-state index in [1.165, 1.54) is 0 Å². The van der Waals surface area contributed by atoms with Gasteiger partial charge in [-0.1, -0.05) is 12.1 Å². The highest BCUT2D eigenvalue weighted by molar-refractivity contribution is 5.77. The number of piperidine rings is 1. The zero-order valence-electron chi connectivity index (χ0n) is 13.0. The third-order valence-corrected chi connectivity index (χ3v) is 4.85. The number of benzene rings is 1. The van der Waals surface area contributed by atoms with Gasteiger partial charge in [-0.3, -0.25) is 9.69 Å². The lowest BCUT2D eigenvalue weighted by molar-refractivity contribution is -0.128. The van der Waals surface area contributed by atoms with Crippen LogP contribution in [0.15, 0.2) is 22.8 Å². The van der Waals surface area contributed by atoms with Crippen LogP contribution in [0.4, 0.5) is 0 Å². The lowest BCUT2D eigenvalue weighted by Crippen LogP contribution is -2.46. The second kappa shape index (κ2) is 5.90. The minimum Gasteiger partial charge on any atom is -0.373 e. The van der Waals surface area contributed by atoms with Crippen molar-refractivity contribution in [2.45, 2.75) is 31.4 Å². The normalized spacial score (nSPS) is 22.2. The smallest absolute Gasteiger partial charge is 0.222 e. The van der Waals surface area contributed by atoms with Crippen molar-refractivity contribution in [3.63, 3.8) is 0 Å². The van der Waals surface area contributed by atoms with Gasteiger partial charge in [0.2, 0.25) is 5.91 Å². The first-order valence-electron chi connectivity index (χ1n) is 8.07. The van der Waals surface area contributed by atoms with Crippen molar-refractivity contribution in [1.82, 2.24) is 20.5 Å². The Labute approximate surface area is 133 Å². The number of hydrogen-bond acceptors (Lipinski definition) is 6. The maximum absolute atomic E-state index is 11.8. The number of rotatable bonds is 2. The third kappa shape index (κ3) is 2.94. The molecule has 2 aliphatic rings. The summed E-state index contributed by atoms with van der Waals surface area (Å²) in [7, 11) is 0. The summed E-state index contributed by atoms with van der Waals surface area (Å²) in [5, 5.41) is 10.8. The molecule has 7 nitrogen and oxygen atoms in total. The van der Waals surface area contributed by atoms with Crippen molar-refractivity contribution in [3.8, 4) is 0 Å². The molecule has 1 spiro atoms. The van der Waals surface area contributed by atoms with E-state index >= 15 is 0 Å². The molecular weight excluding hydrogens is 296 g/mol. The Morgan fingerprint density at radius 1 is 1.26 bits per heavy atom. The molecule has 0 radical (unpaired) electrons. The molecule has 122 valence electrons. The predicted octanol–water partition coefficient (Wildman–Crippen LogP) is 1.09. The van der Waals surface area contributed by atoms with Gasteiger partial charge in [-0.25, -0.2) is 4.63 Å². The van der Waals surface area contributed by atoms with E-state index in [0.29, 0.717) is 19.6 Å². The predicted molar refractivity (Wildman–Crippen MR) is 82.6 cm³/mol. The minimum atomic E-state index is -0.279. The fourth-order valence-electron chi connectivity index (χ4n) is 3.53. The largest absolute Gasteiger partial charge is 0.373 e. The van der Waals surface area contributed by atoms with Crippen molar-refractivity contribution >= 4 is 16.9 Å². The molecule has 0 atom stereocenters. The van der Waals surface area contributed by atoms with Crippen LogP contribution in [0.25, 0.3) is 11.0 Å². The Hall–Kier alpha value is -1.99. The standard InChI is InChI=1S/C16H20N4O3/c21-14-10-16(22-9-6-17-14)4-7-20(8-5-16)11-12-2-1-3-13-15(12)19-23-18-13/h1-3H,4-11H2,(H,17,21). The lowest BCUT2D eigenvalue weighted by Gasteiger charge is -2.40. The maximum atomic E-state index is 11.8. The second-order valence-corrected chi connectivity index (χ2v) is 6.38. The first kappa shape index (κ1) is 14.6. The van der Waals surface area contributed by atoms with E-state index in [9.17, 15) is 4.79 Å². The fraction of sp³-hybridized carbons (Fsp3) is 0.562. The van der Waals surface area contributed by atoms with Crippen LogP contribution < -0.4 is 5.32 Å². The molecule has 2 aliphatic heterocycles. The number of aromatic nitrogens is 2. The SMILES string of the molecule is O=C1CC2(CCN(Cc3cccc4nonc34)CC2)OCCN1. The molecule has 1 N–H and O–H groups in total. The Balaban J connectivity index is 1.43. The van der Waals surface area contributed by atoms with Crippen LogP contribution in [0.1, 0.15) is 24.8 Å². The van der Waals surface area contributed by atoms with Crippen LogP contribution in [-0.4, -0.2) is 53.0 Å². The van der Waals surface area contributed by atoms with Crippen molar-refractivity contribution in [1.29, 1.82) is 0 Å². The van der Waals surface area contributed by atoms with E-state index in [0.717, 1.165) is 49.1 Å². The van der Waals surface area contributed by atoms with Crippen LogP contribution in [0, 0.1) is 0 Å². The van der Waals surface area contributed by atoms with Gasteiger partial charge in [0.15, 0.2) is 0 Å². The fourth-order valence-corrected chi connectivity index (χ4v) is 3.53. The average molecular weight is 316 g/mol. The summed E-state index contributed by atoms with van der Waals surface area (Å²) < 4.78 is 10.8. The van der Waals surface area contributed by atoms with E-state index < -0.39 is 0 Å². The lowest BCUT2D eigenvalue weighted by atomic mass is 9.87. The van der Waals surface area contributed by atoms with Gasteiger partial charge in [0, 0.05) is 26.2 Å². The van der Waals surface area contributed by atoms with Gasteiger partial charge in [-0.15, -0.1) is 0 Å². The monoisotopic (exact) mass is 316 g/mol. The Bertz CT molecular complexity index is 706. The molecule has 1 aromatic heterocycles. The number of amides is 1. The van der Waals surface area contributed by atoms with E-state index in [-0.39, 0.29) is 11.5 Å². The molecule has 4 rings (SSSR count). The average Bonchev–Trinajstić information content (AvgIpc) is 2.96. The summed E-state index contributed by atoms with van der Waals surface area (Å²) in [5.41, 5.74) is 2.47. The maximum Gasteiger partial charge on any atom is 0.222 e. The van der Waals surface area contributed by atoms with E-state index in [4.69, 9.17) is 9.37 Å². The number of carbonyl (C=O) groups is 1. The van der Waals surface area contributed by atoms with Crippen LogP contribution in [-0.2, 0) is 16.1 Å². The van der Waals surface area contributed by atoms with Gasteiger partial charge in [-0.05, 0) is 34.8 Å². The molecule has 2 aromatic rings. The molecule has 3 heterocycles. The molecule has 23 heavy (non-hydrogen) atoms. The third-order valence-electron chi connectivity index (χ3n) is 4.85. The van der Waals surface area contributed by atoms with Gasteiger partial charge in [0.25, 0.3) is 0 Å². The van der Waals surface area contributed by atoms with Crippen LogP contribution >= 0.6 is 0 Å². The molecular formula is C16H20N4O3. The summed E-state index contributed by atoms with van der Waals surface area (Å²) in [6.45, 7) is 3.86. The summed E-state index contributed by atoms with van der Waals surface area (Å²) >= 11 is 0. The molecule has 0 unspecified atom stereocenters. The Kier molecular flexibility index (Phi) is 3.74. The van der Waals surface area contributed by atoms with Crippen molar-refractivity contribution < 1.29 is 14.2 Å². The molecule has 2 fully saturated rings. The number of likely N-dealkylation sites (tertiary alicyclic amines) is 1. The van der Waals surface area contributed by atoms with Gasteiger partial charge >= 0.3 is 0 Å². The molecule has 2 saturated heterocycles. The number of nitrogens with zero attached hydrogens (tertiary/aromatic N) is 3. The first-order chi connectivity index (χ1) is 11.2. The summed E-state index contributed by atoms with van der Waals surface area (Å²) in [4.78, 5) is 14.2. The Morgan fingerprint density at radius 3 is 3.00 bits per heavy atom. The van der Waals surface area contributed by atoms with Gasteiger partial charge in [0.1, 0.15) is 11.0 Å². The topological polar surface area (TPSA) is 80.5 Å². The number of hydrogen-bond donors (Lipinski definition) is 1. The molecule has 0 aliphatic carbocycles. The van der Waals surface area contributed by atoms with Gasteiger partial charge in [-0.2, -0.15) is 0 Å². The second-order valence-electron chi connectivity index (χ2n) is 6.38. The number of ether oxygens (including phenoxy) is 1. The molecule has 0 saturated carbocycles. The molecule has 0 bridgehead atoms. The van der Waals surface area contributed by atoms with Gasteiger partial charge < -0.3 is 10.1 Å². The molecule has 1 amide bonds.